The first-order valence-electron chi connectivity index (χ1n) is 6.56. The van der Waals surface area contributed by atoms with Gasteiger partial charge in [0, 0.05) is 19.9 Å². The highest BCUT2D eigenvalue weighted by atomic mass is 16.2. The highest BCUT2D eigenvalue weighted by molar-refractivity contribution is 5.91. The fourth-order valence-electron chi connectivity index (χ4n) is 1.79. The van der Waals surface area contributed by atoms with Gasteiger partial charge >= 0.3 is 0 Å². The quantitative estimate of drug-likeness (QED) is 0.656. The summed E-state index contributed by atoms with van der Waals surface area (Å²) in [5.41, 5.74) is 2.45. The molecule has 1 rings (SSSR count). The Morgan fingerprint density at radius 3 is 2.53 bits per heavy atom. The van der Waals surface area contributed by atoms with Gasteiger partial charge in [0.2, 0.25) is 11.8 Å². The minimum absolute atomic E-state index is 0.00660. The summed E-state index contributed by atoms with van der Waals surface area (Å²) in [5.74, 6) is -0.00391. The summed E-state index contributed by atoms with van der Waals surface area (Å²) in [5, 5.41) is 12.5. The molecule has 19 heavy (non-hydrogen) atoms. The average Bonchev–Trinajstić information content (AvgIpc) is 2.65. The summed E-state index contributed by atoms with van der Waals surface area (Å²) in [6, 6.07) is 0. The van der Waals surface area contributed by atoms with Gasteiger partial charge in [-0.3, -0.25) is 14.7 Å². The van der Waals surface area contributed by atoms with Gasteiger partial charge < -0.3 is 10.6 Å². The molecule has 0 aromatic carbocycles. The summed E-state index contributed by atoms with van der Waals surface area (Å²) >= 11 is 0. The van der Waals surface area contributed by atoms with E-state index in [1.54, 1.807) is 0 Å². The molecule has 0 aliphatic rings. The smallest absolute Gasteiger partial charge is 0.224 e. The Morgan fingerprint density at radius 2 is 1.95 bits per heavy atom. The molecule has 3 N–H and O–H groups in total. The van der Waals surface area contributed by atoms with E-state index in [-0.39, 0.29) is 11.8 Å². The number of nitrogens with zero attached hydrogens (tertiary/aromatic N) is 1. The third-order valence-corrected chi connectivity index (χ3v) is 2.85. The average molecular weight is 266 g/mol. The Balaban J connectivity index is 2.17. The van der Waals surface area contributed by atoms with Gasteiger partial charge in [-0.25, -0.2) is 0 Å². The molecular formula is C13H22N4O2. The molecule has 0 saturated heterocycles. The van der Waals surface area contributed by atoms with E-state index in [1.807, 2.05) is 13.8 Å². The number of aromatic nitrogens is 2. The first kappa shape index (κ1) is 15.2. The van der Waals surface area contributed by atoms with Crippen molar-refractivity contribution in [3.05, 3.63) is 11.4 Å². The summed E-state index contributed by atoms with van der Waals surface area (Å²) in [6.45, 7) is 5.91. The minimum Gasteiger partial charge on any atom is -0.356 e. The van der Waals surface area contributed by atoms with Crippen LogP contribution >= 0.6 is 0 Å². The Morgan fingerprint density at radius 1 is 1.21 bits per heavy atom. The number of carbonyl (C=O) groups excluding carboxylic acids is 2. The molecule has 0 spiro atoms. The van der Waals surface area contributed by atoms with Crippen molar-refractivity contribution in [1.29, 1.82) is 0 Å². The number of unbranched alkanes of at least 4 members (excludes halogenated alkanes) is 2. The van der Waals surface area contributed by atoms with Crippen molar-refractivity contribution in [2.24, 2.45) is 0 Å². The molecule has 6 heteroatoms. The number of nitrogens with one attached hydrogen (secondary N) is 3. The predicted octanol–water partition coefficient (Wildman–Crippen LogP) is 1.66. The number of aryl methyl sites for hydroxylation is 2. The molecule has 0 fully saturated rings. The summed E-state index contributed by atoms with van der Waals surface area (Å²) in [7, 11) is 0. The fourth-order valence-corrected chi connectivity index (χ4v) is 1.79. The Labute approximate surface area is 113 Å². The zero-order chi connectivity index (χ0) is 14.3. The van der Waals surface area contributed by atoms with Crippen LogP contribution in [0.25, 0.3) is 0 Å². The van der Waals surface area contributed by atoms with Crippen LogP contribution in [0, 0.1) is 13.8 Å². The molecule has 0 atom stereocenters. The molecule has 0 saturated carbocycles. The van der Waals surface area contributed by atoms with Gasteiger partial charge in [0.05, 0.1) is 17.1 Å². The lowest BCUT2D eigenvalue weighted by Crippen LogP contribution is -2.20. The fraction of sp³-hybridized carbons (Fsp3) is 0.615. The number of aromatic amines is 1. The lowest BCUT2D eigenvalue weighted by atomic mass is 10.2. The topological polar surface area (TPSA) is 86.9 Å². The van der Waals surface area contributed by atoms with Crippen LogP contribution in [-0.4, -0.2) is 28.6 Å². The van der Waals surface area contributed by atoms with Crippen molar-refractivity contribution in [2.75, 3.05) is 11.9 Å². The largest absolute Gasteiger partial charge is 0.356 e. The van der Waals surface area contributed by atoms with E-state index < -0.39 is 0 Å². The van der Waals surface area contributed by atoms with E-state index in [2.05, 4.69) is 20.8 Å². The van der Waals surface area contributed by atoms with Gasteiger partial charge in [0.15, 0.2) is 0 Å². The third-order valence-electron chi connectivity index (χ3n) is 2.85. The Hall–Kier alpha value is -1.85. The van der Waals surface area contributed by atoms with E-state index in [0.717, 1.165) is 36.3 Å². The number of carbonyl (C=O) groups is 2. The van der Waals surface area contributed by atoms with E-state index in [4.69, 9.17) is 0 Å². The van der Waals surface area contributed by atoms with Gasteiger partial charge in [-0.1, -0.05) is 6.42 Å². The summed E-state index contributed by atoms with van der Waals surface area (Å²) in [4.78, 5) is 22.4. The second kappa shape index (κ2) is 7.56. The molecule has 2 amide bonds. The maximum absolute atomic E-state index is 11.7. The Kier molecular flexibility index (Phi) is 6.05. The van der Waals surface area contributed by atoms with Crippen LogP contribution < -0.4 is 10.6 Å². The van der Waals surface area contributed by atoms with E-state index in [1.165, 1.54) is 6.92 Å². The third kappa shape index (κ3) is 5.54. The van der Waals surface area contributed by atoms with Crippen LogP contribution in [0.3, 0.4) is 0 Å². The van der Waals surface area contributed by atoms with E-state index in [9.17, 15) is 9.59 Å². The molecule has 6 nitrogen and oxygen atoms in total. The predicted molar refractivity (Wildman–Crippen MR) is 73.8 cm³/mol. The van der Waals surface area contributed by atoms with Gasteiger partial charge in [-0.15, -0.1) is 0 Å². The van der Waals surface area contributed by atoms with Crippen LogP contribution in [0.5, 0.6) is 0 Å². The molecule has 1 aromatic heterocycles. The second-order valence-electron chi connectivity index (χ2n) is 4.65. The van der Waals surface area contributed by atoms with E-state index >= 15 is 0 Å². The van der Waals surface area contributed by atoms with Gasteiger partial charge in [0.1, 0.15) is 0 Å². The van der Waals surface area contributed by atoms with Crippen molar-refractivity contribution < 1.29 is 9.59 Å². The molecule has 0 bridgehead atoms. The number of hydrogen-bond acceptors (Lipinski definition) is 3. The van der Waals surface area contributed by atoms with Crippen molar-refractivity contribution in [3.63, 3.8) is 0 Å². The highest BCUT2D eigenvalue weighted by Gasteiger charge is 2.09. The number of rotatable bonds is 7. The maximum Gasteiger partial charge on any atom is 0.224 e. The van der Waals surface area contributed by atoms with Crippen LogP contribution in [0.4, 0.5) is 5.69 Å². The van der Waals surface area contributed by atoms with Crippen LogP contribution in [0.2, 0.25) is 0 Å². The highest BCUT2D eigenvalue weighted by Crippen LogP contribution is 2.16. The van der Waals surface area contributed by atoms with Gasteiger partial charge in [-0.2, -0.15) is 5.10 Å². The molecule has 0 radical (unpaired) electrons. The first-order chi connectivity index (χ1) is 9.00. The molecule has 0 aliphatic heterocycles. The van der Waals surface area contributed by atoms with Crippen LogP contribution in [-0.2, 0) is 9.59 Å². The van der Waals surface area contributed by atoms with Gasteiger partial charge in [-0.05, 0) is 26.7 Å². The second-order valence-corrected chi connectivity index (χ2v) is 4.65. The SMILES string of the molecule is CC(=O)NCCCCCC(=O)Nc1c(C)n[nH]c1C. The number of anilines is 1. The van der Waals surface area contributed by atoms with Crippen molar-refractivity contribution in [2.45, 2.75) is 46.5 Å². The first-order valence-corrected chi connectivity index (χ1v) is 6.56. The lowest BCUT2D eigenvalue weighted by Gasteiger charge is -2.05. The number of H-pyrrole nitrogens is 1. The normalized spacial score (nSPS) is 10.3. The summed E-state index contributed by atoms with van der Waals surface area (Å²) < 4.78 is 0. The standard InChI is InChI=1S/C13H22N4O2/c1-9-13(10(2)17-16-9)15-12(19)7-5-4-6-8-14-11(3)18/h4-8H2,1-3H3,(H,14,18)(H,15,19)(H,16,17). The minimum atomic E-state index is -0.0105. The van der Waals surface area contributed by atoms with Crippen molar-refractivity contribution in [1.82, 2.24) is 15.5 Å². The van der Waals surface area contributed by atoms with E-state index in [0.29, 0.717) is 13.0 Å². The maximum atomic E-state index is 11.7. The number of hydrogen-bond donors (Lipinski definition) is 3. The molecule has 1 heterocycles. The van der Waals surface area contributed by atoms with Crippen molar-refractivity contribution >= 4 is 17.5 Å². The number of amides is 2. The molecule has 1 aromatic rings. The molecule has 0 aliphatic carbocycles. The summed E-state index contributed by atoms with van der Waals surface area (Å²) in [6.07, 6.45) is 3.14. The van der Waals surface area contributed by atoms with Crippen LogP contribution in [0.15, 0.2) is 0 Å². The van der Waals surface area contributed by atoms with Crippen molar-refractivity contribution in [3.8, 4) is 0 Å². The zero-order valence-electron chi connectivity index (χ0n) is 11.8. The lowest BCUT2D eigenvalue weighted by molar-refractivity contribution is -0.119. The zero-order valence-corrected chi connectivity index (χ0v) is 11.8. The van der Waals surface area contributed by atoms with Gasteiger partial charge in [0.25, 0.3) is 0 Å². The molecule has 0 unspecified atom stereocenters. The monoisotopic (exact) mass is 266 g/mol. The van der Waals surface area contributed by atoms with Crippen LogP contribution in [0.1, 0.15) is 44.0 Å². The Bertz CT molecular complexity index is 420. The molecule has 106 valence electrons. The molecular weight excluding hydrogens is 244 g/mol.